The predicted molar refractivity (Wildman–Crippen MR) is 116 cm³/mol. The normalized spacial score (nSPS) is 21.8. The third-order valence-corrected chi connectivity index (χ3v) is 6.55. The largest absolute Gasteiger partial charge is 0.480 e. The summed E-state index contributed by atoms with van der Waals surface area (Å²) < 4.78 is 10.6. The van der Waals surface area contributed by atoms with Gasteiger partial charge in [0.05, 0.1) is 0 Å². The molecule has 0 unspecified atom stereocenters. The van der Waals surface area contributed by atoms with E-state index in [0.29, 0.717) is 12.8 Å². The molecule has 0 bridgehead atoms. The van der Waals surface area contributed by atoms with Crippen molar-refractivity contribution in [2.45, 2.75) is 109 Å². The highest BCUT2D eigenvalue weighted by Crippen LogP contribution is 2.36. The van der Waals surface area contributed by atoms with Crippen molar-refractivity contribution in [3.63, 3.8) is 0 Å². The van der Waals surface area contributed by atoms with Gasteiger partial charge in [-0.15, -0.1) is 0 Å². The molecule has 0 saturated heterocycles. The molecule has 8 nitrogen and oxygen atoms in total. The van der Waals surface area contributed by atoms with Crippen molar-refractivity contribution in [1.29, 1.82) is 0 Å². The lowest BCUT2D eigenvalue weighted by Gasteiger charge is -2.28. The van der Waals surface area contributed by atoms with E-state index in [9.17, 15) is 19.2 Å². The number of hydrogen-bond donors (Lipinski definition) is 2. The van der Waals surface area contributed by atoms with E-state index in [1.807, 2.05) is 0 Å². The van der Waals surface area contributed by atoms with Gasteiger partial charge in [0.2, 0.25) is 0 Å². The van der Waals surface area contributed by atoms with Crippen molar-refractivity contribution in [3.05, 3.63) is 12.2 Å². The van der Waals surface area contributed by atoms with Gasteiger partial charge in [-0.25, -0.2) is 9.59 Å². The SMILES string of the molecule is O=C(/C=C\C(=O)OC1CCCCC1)OC1CCCCC1.O=C(O)C1(C(=O)O)CCCCC1. The average molecular weight is 453 g/mol. The van der Waals surface area contributed by atoms with Gasteiger partial charge in [0, 0.05) is 12.2 Å². The molecule has 0 aromatic rings. The van der Waals surface area contributed by atoms with E-state index in [-0.39, 0.29) is 25.0 Å². The number of hydrogen-bond acceptors (Lipinski definition) is 6. The molecule has 3 saturated carbocycles. The number of carboxylic acids is 2. The van der Waals surface area contributed by atoms with Gasteiger partial charge < -0.3 is 19.7 Å². The molecule has 0 amide bonds. The van der Waals surface area contributed by atoms with Gasteiger partial charge in [-0.2, -0.15) is 0 Å². The van der Waals surface area contributed by atoms with Gasteiger partial charge in [0.1, 0.15) is 12.2 Å². The van der Waals surface area contributed by atoms with Crippen LogP contribution in [0.4, 0.5) is 0 Å². The molecule has 0 heterocycles. The maximum Gasteiger partial charge on any atom is 0.331 e. The summed E-state index contributed by atoms with van der Waals surface area (Å²) in [4.78, 5) is 44.7. The first-order valence-electron chi connectivity index (χ1n) is 11.9. The first-order chi connectivity index (χ1) is 15.3. The van der Waals surface area contributed by atoms with Crippen LogP contribution in [0.3, 0.4) is 0 Å². The summed E-state index contributed by atoms with van der Waals surface area (Å²) in [6, 6.07) is 0. The molecule has 8 heteroatoms. The Bertz CT molecular complexity index is 615. The molecule has 3 aliphatic carbocycles. The van der Waals surface area contributed by atoms with Gasteiger partial charge in [0.25, 0.3) is 0 Å². The zero-order chi connectivity index (χ0) is 23.4. The maximum atomic E-state index is 11.6. The van der Waals surface area contributed by atoms with Crippen molar-refractivity contribution in [2.75, 3.05) is 0 Å². The maximum absolute atomic E-state index is 11.6. The van der Waals surface area contributed by atoms with Gasteiger partial charge in [-0.05, 0) is 64.2 Å². The Hall–Kier alpha value is -2.38. The lowest BCUT2D eigenvalue weighted by atomic mass is 9.74. The molecule has 2 N–H and O–H groups in total. The number of rotatable bonds is 6. The highest BCUT2D eigenvalue weighted by atomic mass is 16.5. The Morgan fingerprint density at radius 2 is 0.938 bits per heavy atom. The zero-order valence-corrected chi connectivity index (χ0v) is 18.8. The van der Waals surface area contributed by atoms with Crippen molar-refractivity contribution in [1.82, 2.24) is 0 Å². The van der Waals surface area contributed by atoms with Gasteiger partial charge >= 0.3 is 23.9 Å². The first kappa shape index (κ1) is 25.9. The third-order valence-electron chi connectivity index (χ3n) is 6.55. The molecular formula is C24H36O8. The number of carbonyl (C=O) groups is 4. The molecule has 0 radical (unpaired) electrons. The second-order valence-corrected chi connectivity index (χ2v) is 8.98. The molecule has 3 rings (SSSR count). The summed E-state index contributed by atoms with van der Waals surface area (Å²) >= 11 is 0. The van der Waals surface area contributed by atoms with Gasteiger partial charge in [0.15, 0.2) is 5.41 Å². The number of ether oxygens (including phenoxy) is 2. The zero-order valence-electron chi connectivity index (χ0n) is 18.8. The summed E-state index contributed by atoms with van der Waals surface area (Å²) in [5.74, 6) is -3.24. The molecule has 0 atom stereocenters. The summed E-state index contributed by atoms with van der Waals surface area (Å²) in [5.41, 5.74) is -1.49. The van der Waals surface area contributed by atoms with Crippen molar-refractivity contribution < 1.29 is 38.9 Å². The van der Waals surface area contributed by atoms with Gasteiger partial charge in [-0.1, -0.05) is 32.1 Å². The fraction of sp³-hybridized carbons (Fsp3) is 0.750. The number of aliphatic carboxylic acids is 2. The fourth-order valence-corrected chi connectivity index (χ4v) is 4.58. The molecule has 0 aliphatic heterocycles. The number of carboxylic acid groups (broad SMARTS) is 2. The Balaban J connectivity index is 0.000000258. The number of esters is 2. The smallest absolute Gasteiger partial charge is 0.331 e. The van der Waals surface area contributed by atoms with Crippen LogP contribution in [0.1, 0.15) is 96.3 Å². The Labute approximate surface area is 189 Å². The van der Waals surface area contributed by atoms with Crippen LogP contribution in [-0.2, 0) is 28.7 Å². The van der Waals surface area contributed by atoms with E-state index in [2.05, 4.69) is 0 Å². The molecule has 32 heavy (non-hydrogen) atoms. The molecule has 3 fully saturated rings. The van der Waals surface area contributed by atoms with E-state index < -0.39 is 29.3 Å². The Kier molecular flexibility index (Phi) is 10.7. The van der Waals surface area contributed by atoms with Crippen LogP contribution in [0.25, 0.3) is 0 Å². The summed E-state index contributed by atoms with van der Waals surface area (Å²) in [7, 11) is 0. The third kappa shape index (κ3) is 8.28. The minimum Gasteiger partial charge on any atom is -0.480 e. The number of carbonyl (C=O) groups excluding carboxylic acids is 2. The van der Waals surface area contributed by atoms with Crippen LogP contribution >= 0.6 is 0 Å². The standard InChI is InChI=1S/C16H24O4.C8H12O4/c17-15(19-13-7-3-1-4-8-13)11-12-16(18)20-14-9-5-2-6-10-14;9-6(10)8(7(11)12)4-2-1-3-5-8/h11-14H,1-10H2;1-5H2,(H,9,10)(H,11,12)/b12-11-;. The first-order valence-corrected chi connectivity index (χ1v) is 11.9. The molecule has 0 aromatic carbocycles. The second kappa shape index (κ2) is 13.2. The van der Waals surface area contributed by atoms with Crippen LogP contribution in [0.2, 0.25) is 0 Å². The lowest BCUT2D eigenvalue weighted by Crippen LogP contribution is -2.40. The summed E-state index contributed by atoms with van der Waals surface area (Å²) in [6.07, 6.45) is 16.0. The van der Waals surface area contributed by atoms with E-state index in [4.69, 9.17) is 19.7 Å². The predicted octanol–water partition coefficient (Wildman–Crippen LogP) is 4.40. The van der Waals surface area contributed by atoms with Crippen LogP contribution in [0, 0.1) is 5.41 Å². The quantitative estimate of drug-likeness (QED) is 0.345. The summed E-state index contributed by atoms with van der Waals surface area (Å²) in [6.45, 7) is 0. The highest BCUT2D eigenvalue weighted by molar-refractivity contribution is 5.98. The molecular weight excluding hydrogens is 416 g/mol. The lowest BCUT2D eigenvalue weighted by molar-refractivity contribution is -0.167. The van der Waals surface area contributed by atoms with Crippen LogP contribution in [-0.4, -0.2) is 46.3 Å². The highest BCUT2D eigenvalue weighted by Gasteiger charge is 2.46. The van der Waals surface area contributed by atoms with Crippen molar-refractivity contribution in [3.8, 4) is 0 Å². The average Bonchev–Trinajstić information content (AvgIpc) is 2.80. The minimum absolute atomic E-state index is 0.0234. The van der Waals surface area contributed by atoms with E-state index in [0.717, 1.165) is 57.8 Å². The topological polar surface area (TPSA) is 127 Å². The van der Waals surface area contributed by atoms with E-state index >= 15 is 0 Å². The monoisotopic (exact) mass is 452 g/mol. The van der Waals surface area contributed by atoms with E-state index in [1.54, 1.807) is 0 Å². The molecule has 0 spiro atoms. The Morgan fingerprint density at radius 3 is 1.25 bits per heavy atom. The van der Waals surface area contributed by atoms with E-state index in [1.165, 1.54) is 25.0 Å². The van der Waals surface area contributed by atoms with Crippen LogP contribution < -0.4 is 0 Å². The van der Waals surface area contributed by atoms with Crippen molar-refractivity contribution in [2.24, 2.45) is 5.41 Å². The van der Waals surface area contributed by atoms with Crippen molar-refractivity contribution >= 4 is 23.9 Å². The summed E-state index contributed by atoms with van der Waals surface area (Å²) in [5, 5.41) is 17.6. The minimum atomic E-state index is -1.49. The Morgan fingerprint density at radius 1 is 0.594 bits per heavy atom. The molecule has 0 aromatic heterocycles. The molecule has 3 aliphatic rings. The van der Waals surface area contributed by atoms with Gasteiger partial charge in [-0.3, -0.25) is 9.59 Å². The second-order valence-electron chi connectivity index (χ2n) is 8.98. The molecule has 180 valence electrons. The van der Waals surface area contributed by atoms with Crippen LogP contribution in [0.5, 0.6) is 0 Å². The fourth-order valence-electron chi connectivity index (χ4n) is 4.58. The van der Waals surface area contributed by atoms with Crippen LogP contribution in [0.15, 0.2) is 12.2 Å².